The minimum atomic E-state index is 0.220. The van der Waals surface area contributed by atoms with E-state index in [1.165, 1.54) is 27.2 Å². The van der Waals surface area contributed by atoms with E-state index in [-0.39, 0.29) is 5.78 Å². The fourth-order valence-corrected chi connectivity index (χ4v) is 5.22. The monoisotopic (exact) mass is 414 g/mol. The van der Waals surface area contributed by atoms with Crippen LogP contribution in [-0.2, 0) is 0 Å². The van der Waals surface area contributed by atoms with Gasteiger partial charge in [0.2, 0.25) is 5.78 Å². The van der Waals surface area contributed by atoms with Crippen LogP contribution in [0.5, 0.6) is 5.75 Å². The van der Waals surface area contributed by atoms with Crippen LogP contribution in [0, 0.1) is 0 Å². The molecular weight excluding hydrogens is 384 g/mol. The number of hydrogen-bond acceptors (Lipinski definition) is 2. The number of fused-ring (bicyclic) bond motifs is 3. The molecule has 1 aliphatic heterocycles. The van der Waals surface area contributed by atoms with Gasteiger partial charge in [0.25, 0.3) is 0 Å². The molecule has 3 aromatic carbocycles. The van der Waals surface area contributed by atoms with Crippen molar-refractivity contribution in [3.05, 3.63) is 89.5 Å². The van der Waals surface area contributed by atoms with E-state index in [1.807, 2.05) is 31.2 Å². The SMILES string of the molecule is CCOc1ccc(C(=O)C[NH+]2CC[NH+](C3c4ccccc4-c4ccccc43)CC2)cc1. The van der Waals surface area contributed by atoms with E-state index < -0.39 is 0 Å². The molecule has 1 fully saturated rings. The van der Waals surface area contributed by atoms with E-state index >= 15 is 0 Å². The number of benzene rings is 3. The number of ketones is 1. The van der Waals surface area contributed by atoms with Crippen molar-refractivity contribution in [3.63, 3.8) is 0 Å². The van der Waals surface area contributed by atoms with Gasteiger partial charge in [-0.25, -0.2) is 0 Å². The average Bonchev–Trinajstić information content (AvgIpc) is 3.15. The Morgan fingerprint density at radius 2 is 1.42 bits per heavy atom. The summed E-state index contributed by atoms with van der Waals surface area (Å²) >= 11 is 0. The van der Waals surface area contributed by atoms with Gasteiger partial charge in [-0.2, -0.15) is 0 Å². The Bertz CT molecular complexity index is 1020. The zero-order valence-corrected chi connectivity index (χ0v) is 18.1. The number of carbonyl (C=O) groups is 1. The summed E-state index contributed by atoms with van der Waals surface area (Å²) in [6.07, 6.45) is 0. The molecular formula is C27H30N2O2+2. The minimum Gasteiger partial charge on any atom is -0.494 e. The molecule has 0 aromatic heterocycles. The molecule has 0 amide bonds. The molecule has 0 atom stereocenters. The molecule has 3 aromatic rings. The summed E-state index contributed by atoms with van der Waals surface area (Å²) < 4.78 is 5.48. The normalized spacial score (nSPS) is 20.2. The van der Waals surface area contributed by atoms with Crippen molar-refractivity contribution in [1.82, 2.24) is 0 Å². The van der Waals surface area contributed by atoms with Crippen LogP contribution < -0.4 is 14.5 Å². The van der Waals surface area contributed by atoms with Crippen LogP contribution in [0.25, 0.3) is 11.1 Å². The quantitative estimate of drug-likeness (QED) is 0.604. The molecule has 5 rings (SSSR count). The number of Topliss-reactive ketones (excluding diaryl/α,β-unsaturated/α-hetero) is 1. The standard InChI is InChI=1S/C27H28N2O2/c1-2-31-21-13-11-20(12-14-21)26(30)19-28-15-17-29(18-16-28)27-24-9-5-3-7-22(24)23-8-4-6-10-25(23)27/h3-14,27H,2,15-19H2,1H3/p+2. The Balaban J connectivity index is 1.24. The van der Waals surface area contributed by atoms with Crippen LogP contribution in [0.4, 0.5) is 0 Å². The summed E-state index contributed by atoms with van der Waals surface area (Å²) in [4.78, 5) is 15.8. The predicted octanol–water partition coefficient (Wildman–Crippen LogP) is 1.82. The van der Waals surface area contributed by atoms with Crippen molar-refractivity contribution in [3.8, 4) is 16.9 Å². The summed E-state index contributed by atoms with van der Waals surface area (Å²) in [6, 6.07) is 25.7. The molecule has 1 saturated heterocycles. The maximum Gasteiger partial charge on any atom is 0.216 e. The average molecular weight is 415 g/mol. The third-order valence-electron chi connectivity index (χ3n) is 6.74. The Labute approximate surface area is 184 Å². The van der Waals surface area contributed by atoms with Gasteiger partial charge in [0, 0.05) is 16.7 Å². The first-order valence-electron chi connectivity index (χ1n) is 11.4. The zero-order valence-electron chi connectivity index (χ0n) is 18.1. The number of quaternary nitrogens is 2. The smallest absolute Gasteiger partial charge is 0.216 e. The second kappa shape index (κ2) is 8.66. The van der Waals surface area contributed by atoms with E-state index in [4.69, 9.17) is 4.74 Å². The third kappa shape index (κ3) is 3.89. The Morgan fingerprint density at radius 3 is 2.00 bits per heavy atom. The molecule has 0 spiro atoms. The molecule has 0 bridgehead atoms. The molecule has 0 radical (unpaired) electrons. The van der Waals surface area contributed by atoms with Gasteiger partial charge in [-0.15, -0.1) is 0 Å². The van der Waals surface area contributed by atoms with E-state index in [0.717, 1.165) is 37.5 Å². The lowest BCUT2D eigenvalue weighted by molar-refractivity contribution is -1.02. The van der Waals surface area contributed by atoms with Crippen molar-refractivity contribution in [2.45, 2.75) is 13.0 Å². The summed E-state index contributed by atoms with van der Waals surface area (Å²) in [6.45, 7) is 7.39. The van der Waals surface area contributed by atoms with Gasteiger partial charge in [0.1, 0.15) is 44.5 Å². The molecule has 2 N–H and O–H groups in total. The maximum absolute atomic E-state index is 12.8. The minimum absolute atomic E-state index is 0.220. The lowest BCUT2D eigenvalue weighted by Gasteiger charge is -2.33. The molecule has 1 aliphatic carbocycles. The summed E-state index contributed by atoms with van der Waals surface area (Å²) in [5.74, 6) is 1.04. The van der Waals surface area contributed by atoms with Crippen molar-refractivity contribution in [2.75, 3.05) is 39.3 Å². The maximum atomic E-state index is 12.8. The number of hydrogen-bond donors (Lipinski definition) is 2. The fourth-order valence-electron chi connectivity index (χ4n) is 5.22. The van der Waals surface area contributed by atoms with Crippen molar-refractivity contribution in [2.24, 2.45) is 0 Å². The molecule has 0 unspecified atom stereocenters. The molecule has 4 heteroatoms. The second-order valence-electron chi connectivity index (χ2n) is 8.57. The topological polar surface area (TPSA) is 35.2 Å². The molecule has 31 heavy (non-hydrogen) atoms. The van der Waals surface area contributed by atoms with Gasteiger partial charge in [-0.05, 0) is 42.3 Å². The number of rotatable bonds is 6. The zero-order chi connectivity index (χ0) is 21.2. The van der Waals surface area contributed by atoms with Gasteiger partial charge >= 0.3 is 0 Å². The van der Waals surface area contributed by atoms with Gasteiger partial charge in [-0.3, -0.25) is 4.79 Å². The van der Waals surface area contributed by atoms with Crippen LogP contribution in [0.1, 0.15) is 34.5 Å². The third-order valence-corrected chi connectivity index (χ3v) is 6.74. The molecule has 0 saturated carbocycles. The fraction of sp³-hybridized carbons (Fsp3) is 0.296. The van der Waals surface area contributed by atoms with Gasteiger partial charge in [0.15, 0.2) is 0 Å². The summed E-state index contributed by atoms with van der Waals surface area (Å²) in [5.41, 5.74) is 6.46. The number of nitrogens with one attached hydrogen (secondary N) is 2. The molecule has 2 aliphatic rings. The lowest BCUT2D eigenvalue weighted by atomic mass is 10.0. The molecule has 158 valence electrons. The van der Waals surface area contributed by atoms with Crippen LogP contribution in [0.2, 0.25) is 0 Å². The van der Waals surface area contributed by atoms with E-state index in [9.17, 15) is 4.79 Å². The number of ether oxygens (including phenoxy) is 1. The molecule has 1 heterocycles. The highest BCUT2D eigenvalue weighted by atomic mass is 16.5. The van der Waals surface area contributed by atoms with Crippen LogP contribution >= 0.6 is 0 Å². The second-order valence-corrected chi connectivity index (χ2v) is 8.57. The van der Waals surface area contributed by atoms with Crippen molar-refractivity contribution in [1.29, 1.82) is 0 Å². The lowest BCUT2D eigenvalue weighted by Crippen LogP contribution is -3.28. The van der Waals surface area contributed by atoms with E-state index in [2.05, 4.69) is 48.5 Å². The summed E-state index contributed by atoms with van der Waals surface area (Å²) in [7, 11) is 0. The Hall–Kier alpha value is -2.95. The number of carbonyl (C=O) groups excluding carboxylic acids is 1. The van der Waals surface area contributed by atoms with Crippen molar-refractivity contribution >= 4 is 5.78 Å². The first kappa shape index (κ1) is 20.0. The van der Waals surface area contributed by atoms with E-state index in [1.54, 1.807) is 4.90 Å². The van der Waals surface area contributed by atoms with Crippen molar-refractivity contribution < 1.29 is 19.3 Å². The van der Waals surface area contributed by atoms with Crippen LogP contribution in [0.15, 0.2) is 72.8 Å². The Kier molecular flexibility index (Phi) is 5.58. The highest BCUT2D eigenvalue weighted by Crippen LogP contribution is 2.41. The Morgan fingerprint density at radius 1 is 0.839 bits per heavy atom. The van der Waals surface area contributed by atoms with Crippen LogP contribution in [-0.4, -0.2) is 45.1 Å². The predicted molar refractivity (Wildman–Crippen MR) is 122 cm³/mol. The van der Waals surface area contributed by atoms with Crippen LogP contribution in [0.3, 0.4) is 0 Å². The van der Waals surface area contributed by atoms with Gasteiger partial charge < -0.3 is 14.5 Å². The highest BCUT2D eigenvalue weighted by Gasteiger charge is 2.38. The summed E-state index contributed by atoms with van der Waals surface area (Å²) in [5, 5.41) is 0. The van der Waals surface area contributed by atoms with Gasteiger partial charge in [0.05, 0.1) is 6.61 Å². The number of piperazine rings is 1. The van der Waals surface area contributed by atoms with E-state index in [0.29, 0.717) is 19.2 Å². The highest BCUT2D eigenvalue weighted by molar-refractivity contribution is 5.96. The van der Waals surface area contributed by atoms with Gasteiger partial charge in [-0.1, -0.05) is 48.5 Å². The molecule has 4 nitrogen and oxygen atoms in total. The first-order valence-corrected chi connectivity index (χ1v) is 11.4. The first-order chi connectivity index (χ1) is 15.2. The largest absolute Gasteiger partial charge is 0.494 e.